The van der Waals surface area contributed by atoms with Gasteiger partial charge in [-0.05, 0) is 66.7 Å². The molecule has 16 aromatic rings. The molecule has 25 heteroatoms. The number of H-pyrrole nitrogens is 1. The molecule has 0 fully saturated rings. The van der Waals surface area contributed by atoms with Crippen LogP contribution in [0.1, 0.15) is 0 Å². The molecule has 0 aliphatic heterocycles. The minimum Gasteiger partial charge on any atom is -0.343 e. The number of pyridine rings is 4. The molecule has 0 radical (unpaired) electrons. The summed E-state index contributed by atoms with van der Waals surface area (Å²) >= 11 is 0. The Labute approximate surface area is 405 Å². The van der Waals surface area contributed by atoms with E-state index in [0.717, 1.165) is 45.0 Å². The van der Waals surface area contributed by atoms with Gasteiger partial charge in [-0.1, -0.05) is 18.2 Å². The SMILES string of the molecule is c1cc2ncnn2cn1.c1ccn2ccnc2c1.c1ccn2nccc2c1.c1ccn2ncnc2c1.c1cn2ncnc2cn1.c1cnc2nc[nH]c2c1.c1cnc2nccn2c1.c1cnc2ncnn2c1. The van der Waals surface area contributed by atoms with Gasteiger partial charge in [0.15, 0.2) is 22.6 Å². The molecular weight excluding hydrogens is 915 g/mol. The van der Waals surface area contributed by atoms with Crippen molar-refractivity contribution in [3.8, 4) is 0 Å². The van der Waals surface area contributed by atoms with Crippen LogP contribution in [0.15, 0.2) is 234 Å². The Hall–Kier alpha value is -11.1. The van der Waals surface area contributed by atoms with Gasteiger partial charge in [-0.15, -0.1) is 0 Å². The molecule has 0 spiro atoms. The smallest absolute Gasteiger partial charge is 0.252 e. The van der Waals surface area contributed by atoms with Crippen LogP contribution in [0.5, 0.6) is 0 Å². The third kappa shape index (κ3) is 12.7. The van der Waals surface area contributed by atoms with Gasteiger partial charge in [0.1, 0.15) is 37.3 Å². The lowest BCUT2D eigenvalue weighted by Gasteiger charge is -1.86. The van der Waals surface area contributed by atoms with Crippen LogP contribution in [0.2, 0.25) is 0 Å². The maximum absolute atomic E-state index is 4.08. The van der Waals surface area contributed by atoms with Crippen LogP contribution in [0, 0.1) is 0 Å². The van der Waals surface area contributed by atoms with Crippen LogP contribution in [-0.2, 0) is 0 Å². The third-order valence-corrected chi connectivity index (χ3v) is 9.39. The molecule has 16 rings (SSSR count). The van der Waals surface area contributed by atoms with Gasteiger partial charge in [0.2, 0.25) is 5.78 Å². The van der Waals surface area contributed by atoms with E-state index in [1.165, 1.54) is 25.3 Å². The number of rotatable bonds is 0. The van der Waals surface area contributed by atoms with Crippen molar-refractivity contribution in [3.63, 3.8) is 0 Å². The summed E-state index contributed by atoms with van der Waals surface area (Å²) in [5.41, 5.74) is 6.38. The summed E-state index contributed by atoms with van der Waals surface area (Å²) in [7, 11) is 0. The Morgan fingerprint density at radius 2 is 0.986 bits per heavy atom. The van der Waals surface area contributed by atoms with Crippen molar-refractivity contribution in [2.24, 2.45) is 0 Å². The lowest BCUT2D eigenvalue weighted by atomic mass is 10.4. The Bertz CT molecular complexity index is 3050. The Kier molecular flexibility index (Phi) is 15.4. The summed E-state index contributed by atoms with van der Waals surface area (Å²) in [6.45, 7) is 0. The number of hydrogen-bond acceptors (Lipinski definition) is 17. The number of nitrogens with zero attached hydrogens (tertiary/aromatic N) is 24. The van der Waals surface area contributed by atoms with E-state index in [0.29, 0.717) is 5.78 Å². The van der Waals surface area contributed by atoms with E-state index in [1.54, 1.807) is 105 Å². The lowest BCUT2D eigenvalue weighted by molar-refractivity contribution is 0.921. The zero-order valence-electron chi connectivity index (χ0n) is 37.7. The van der Waals surface area contributed by atoms with Crippen molar-refractivity contribution < 1.29 is 0 Å². The molecule has 0 saturated carbocycles. The van der Waals surface area contributed by atoms with Crippen molar-refractivity contribution in [2.45, 2.75) is 0 Å². The standard InChI is InChI=1S/2C7H6N2.3C6H5N3.3C5H4N4/c1-2-6-9-7(3-1)4-5-8-9;1-2-5-9-6-4-8-7(9)3-1;1-2-7-6-8-3-5-9(6)4-1;1-2-5-6(7-3-1)9-4-8-5;1-2-4-9-6(3-1)7-5-8-9;1-2-9-5(3-6-1)7-4-8-9;1-2-6-4-9-5(1)7-3-8-9;1-2-6-5-7-4-8-9(5)3-1/h2*1-6H;1-5H;1-4H,(H,7,8,9);1-5H;3*1-4H. The van der Waals surface area contributed by atoms with Gasteiger partial charge in [-0.25, -0.2) is 72.4 Å². The average molecular weight is 954 g/mol. The molecule has 0 amide bonds. The van der Waals surface area contributed by atoms with E-state index in [1.807, 2.05) is 135 Å². The second kappa shape index (κ2) is 24.1. The molecule has 72 heavy (non-hydrogen) atoms. The predicted octanol–water partition coefficient (Wildman–Crippen LogP) is 5.46. The fourth-order valence-corrected chi connectivity index (χ4v) is 6.06. The summed E-state index contributed by atoms with van der Waals surface area (Å²) < 4.78 is 12.3. The second-order valence-electron chi connectivity index (χ2n) is 14.0. The fraction of sp³-hybridized carbons (Fsp3) is 0. The number of aromatic amines is 1. The van der Waals surface area contributed by atoms with E-state index in [-0.39, 0.29) is 0 Å². The highest BCUT2D eigenvalue weighted by atomic mass is 15.3. The molecule has 352 valence electrons. The first-order valence-corrected chi connectivity index (χ1v) is 21.5. The van der Waals surface area contributed by atoms with Crippen molar-refractivity contribution in [1.82, 2.24) is 122 Å². The highest BCUT2D eigenvalue weighted by molar-refractivity contribution is 5.68. The van der Waals surface area contributed by atoms with Gasteiger partial charge in [-0.2, -0.15) is 30.5 Å². The maximum Gasteiger partial charge on any atom is 0.252 e. The minimum absolute atomic E-state index is 0.637. The molecule has 16 aromatic heterocycles. The fourth-order valence-electron chi connectivity index (χ4n) is 6.06. The van der Waals surface area contributed by atoms with Gasteiger partial charge < -0.3 is 9.38 Å². The maximum atomic E-state index is 4.08. The Balaban J connectivity index is 0.000000102. The van der Waals surface area contributed by atoms with Crippen LogP contribution in [0.3, 0.4) is 0 Å². The number of hydrogen-bond donors (Lipinski definition) is 1. The molecule has 0 unspecified atom stereocenters. The molecule has 0 atom stereocenters. The van der Waals surface area contributed by atoms with Crippen LogP contribution < -0.4 is 0 Å². The molecule has 0 aliphatic carbocycles. The number of fused-ring (bicyclic) bond motifs is 8. The van der Waals surface area contributed by atoms with Crippen LogP contribution in [0.25, 0.3) is 50.8 Å². The number of aromatic nitrogens is 25. The van der Waals surface area contributed by atoms with Gasteiger partial charge >= 0.3 is 0 Å². The van der Waals surface area contributed by atoms with Crippen LogP contribution in [-0.4, -0.2) is 122 Å². The first-order valence-electron chi connectivity index (χ1n) is 21.5. The summed E-state index contributed by atoms with van der Waals surface area (Å²) in [6, 6.07) is 28.9. The zero-order valence-corrected chi connectivity index (χ0v) is 37.7. The molecule has 0 saturated heterocycles. The largest absolute Gasteiger partial charge is 0.343 e. The second-order valence-corrected chi connectivity index (χ2v) is 14.0. The summed E-state index contributed by atoms with van der Waals surface area (Å²) in [4.78, 5) is 50.2. The number of nitrogens with one attached hydrogen (secondary N) is 1. The normalized spacial score (nSPS) is 10.2. The first-order chi connectivity index (χ1) is 35.7. The molecule has 16 heterocycles. The highest BCUT2D eigenvalue weighted by Crippen LogP contribution is 2.02. The average Bonchev–Trinajstić information content (AvgIpc) is 4.31. The molecule has 25 nitrogen and oxygen atoms in total. The summed E-state index contributed by atoms with van der Waals surface area (Å²) in [5, 5.41) is 19.6. The topological polar surface area (TPSA) is 266 Å². The van der Waals surface area contributed by atoms with Crippen LogP contribution in [0.4, 0.5) is 0 Å². The highest BCUT2D eigenvalue weighted by Gasteiger charge is 1.93. The molecule has 0 bridgehead atoms. The van der Waals surface area contributed by atoms with Crippen LogP contribution >= 0.6 is 0 Å². The van der Waals surface area contributed by atoms with Crippen molar-refractivity contribution in [2.75, 3.05) is 0 Å². The van der Waals surface area contributed by atoms with Gasteiger partial charge in [0.25, 0.3) is 5.78 Å². The zero-order chi connectivity index (χ0) is 48.8. The molecule has 0 aliphatic rings. The molecule has 0 aromatic carbocycles. The van der Waals surface area contributed by atoms with Gasteiger partial charge in [-0.3, -0.25) is 9.38 Å². The monoisotopic (exact) mass is 953 g/mol. The Morgan fingerprint density at radius 3 is 1.78 bits per heavy atom. The minimum atomic E-state index is 0.637. The third-order valence-electron chi connectivity index (χ3n) is 9.39. The van der Waals surface area contributed by atoms with Gasteiger partial charge in [0, 0.05) is 105 Å². The van der Waals surface area contributed by atoms with Crippen molar-refractivity contribution in [1.29, 1.82) is 0 Å². The predicted molar refractivity (Wildman–Crippen MR) is 263 cm³/mol. The van der Waals surface area contributed by atoms with E-state index < -0.39 is 0 Å². The van der Waals surface area contributed by atoms with E-state index >= 15 is 0 Å². The lowest BCUT2D eigenvalue weighted by Crippen LogP contribution is -1.86. The van der Waals surface area contributed by atoms with Crippen molar-refractivity contribution in [3.05, 3.63) is 234 Å². The first kappa shape index (κ1) is 46.0. The van der Waals surface area contributed by atoms with E-state index in [4.69, 9.17) is 0 Å². The molecule has 1 N–H and O–H groups in total. The van der Waals surface area contributed by atoms with Crippen molar-refractivity contribution >= 4 is 50.8 Å². The van der Waals surface area contributed by atoms with E-state index in [2.05, 4.69) is 90.3 Å². The van der Waals surface area contributed by atoms with Gasteiger partial charge in [0.05, 0.1) is 23.6 Å². The molecular formula is C47H39N25. The summed E-state index contributed by atoms with van der Waals surface area (Å²) in [5.74, 6) is 1.38. The summed E-state index contributed by atoms with van der Waals surface area (Å²) in [6.07, 6.45) is 39.7. The number of imidazole rings is 3. The Morgan fingerprint density at radius 1 is 0.333 bits per heavy atom. The van der Waals surface area contributed by atoms with E-state index in [9.17, 15) is 0 Å². The quantitative estimate of drug-likeness (QED) is 0.198.